The summed E-state index contributed by atoms with van der Waals surface area (Å²) in [4.78, 5) is 11.1. The van der Waals surface area contributed by atoms with E-state index in [1.807, 2.05) is 6.92 Å². The molecule has 1 aromatic carbocycles. The number of hydrogen-bond acceptors (Lipinski definition) is 5. The van der Waals surface area contributed by atoms with Crippen LogP contribution >= 0.6 is 11.8 Å². The molecule has 0 fully saturated rings. The van der Waals surface area contributed by atoms with E-state index in [4.69, 9.17) is 5.11 Å². The maximum atomic E-state index is 11.0. The Labute approximate surface area is 110 Å². The molecule has 0 aliphatic rings. The van der Waals surface area contributed by atoms with Crippen molar-refractivity contribution in [2.45, 2.75) is 24.8 Å². The van der Waals surface area contributed by atoms with Gasteiger partial charge in [-0.3, -0.25) is 10.1 Å². The second-order valence-corrected chi connectivity index (χ2v) is 5.32. The summed E-state index contributed by atoms with van der Waals surface area (Å²) in [6.07, 6.45) is -0.723. The van der Waals surface area contributed by atoms with Crippen LogP contribution in [-0.2, 0) is 0 Å². The molecule has 2 N–H and O–H groups in total. The Morgan fingerprint density at radius 3 is 2.61 bits per heavy atom. The van der Waals surface area contributed by atoms with Gasteiger partial charge in [-0.25, -0.2) is 0 Å². The van der Waals surface area contributed by atoms with E-state index in [1.54, 1.807) is 19.1 Å². The van der Waals surface area contributed by atoms with Gasteiger partial charge in [-0.05, 0) is 24.5 Å². The molecule has 0 radical (unpaired) electrons. The molecule has 0 saturated heterocycles. The molecule has 0 aliphatic carbocycles. The van der Waals surface area contributed by atoms with Gasteiger partial charge in [-0.15, -0.1) is 11.8 Å². The van der Waals surface area contributed by atoms with E-state index in [0.717, 1.165) is 0 Å². The van der Waals surface area contributed by atoms with Crippen molar-refractivity contribution in [1.82, 2.24) is 0 Å². The molecule has 1 aromatic rings. The van der Waals surface area contributed by atoms with Gasteiger partial charge in [-0.2, -0.15) is 0 Å². The summed E-state index contributed by atoms with van der Waals surface area (Å²) in [6, 6.07) is 4.73. The van der Waals surface area contributed by atoms with Gasteiger partial charge < -0.3 is 10.2 Å². The zero-order valence-corrected chi connectivity index (χ0v) is 11.2. The van der Waals surface area contributed by atoms with Gasteiger partial charge in [0.2, 0.25) is 0 Å². The third-order valence-corrected chi connectivity index (χ3v) is 3.89. The Morgan fingerprint density at radius 2 is 2.11 bits per heavy atom. The van der Waals surface area contributed by atoms with Crippen molar-refractivity contribution >= 4 is 17.4 Å². The molecule has 0 heterocycles. The molecule has 1 rings (SSSR count). The lowest BCUT2D eigenvalue weighted by molar-refractivity contribution is -0.387. The summed E-state index contributed by atoms with van der Waals surface area (Å²) < 4.78 is 0. The third kappa shape index (κ3) is 3.97. The molecule has 0 amide bonds. The summed E-state index contributed by atoms with van der Waals surface area (Å²) in [6.45, 7) is 3.51. The molecule has 0 saturated carbocycles. The lowest BCUT2D eigenvalue weighted by atomic mass is 10.1. The van der Waals surface area contributed by atoms with Crippen molar-refractivity contribution in [1.29, 1.82) is 0 Å². The first-order valence-electron chi connectivity index (χ1n) is 5.65. The van der Waals surface area contributed by atoms with Crippen molar-refractivity contribution in [2.75, 3.05) is 12.4 Å². The lowest BCUT2D eigenvalue weighted by Crippen LogP contribution is -2.04. The minimum atomic E-state index is -0.723. The second kappa shape index (κ2) is 6.72. The number of nitro groups is 1. The summed E-state index contributed by atoms with van der Waals surface area (Å²) in [5.41, 5.74) is 0.532. The predicted octanol–water partition coefficient (Wildman–Crippen LogP) is 2.37. The maximum absolute atomic E-state index is 11.0. The monoisotopic (exact) mass is 271 g/mol. The van der Waals surface area contributed by atoms with Gasteiger partial charge in [0.25, 0.3) is 5.69 Å². The topological polar surface area (TPSA) is 83.6 Å². The summed E-state index contributed by atoms with van der Waals surface area (Å²) in [5.74, 6) is 0.705. The molecule has 6 heteroatoms. The fourth-order valence-electron chi connectivity index (χ4n) is 1.34. The number of thioether (sulfide) groups is 1. The molecule has 0 bridgehead atoms. The van der Waals surface area contributed by atoms with Crippen molar-refractivity contribution in [3.05, 3.63) is 33.9 Å². The second-order valence-electron chi connectivity index (χ2n) is 4.26. The molecule has 1 unspecified atom stereocenters. The zero-order chi connectivity index (χ0) is 13.7. The van der Waals surface area contributed by atoms with Gasteiger partial charge in [0.15, 0.2) is 0 Å². The molecule has 100 valence electrons. The number of hydrogen-bond donors (Lipinski definition) is 2. The first-order valence-corrected chi connectivity index (χ1v) is 6.64. The van der Waals surface area contributed by atoms with E-state index in [1.165, 1.54) is 17.8 Å². The smallest absolute Gasteiger partial charge is 0.283 e. The van der Waals surface area contributed by atoms with Crippen LogP contribution in [-0.4, -0.2) is 27.5 Å². The highest BCUT2D eigenvalue weighted by molar-refractivity contribution is 7.99. The molecule has 0 spiro atoms. The van der Waals surface area contributed by atoms with Crippen LogP contribution in [0.5, 0.6) is 0 Å². The van der Waals surface area contributed by atoms with Gasteiger partial charge in [-0.1, -0.05) is 13.0 Å². The van der Waals surface area contributed by atoms with E-state index < -0.39 is 11.0 Å². The lowest BCUT2D eigenvalue weighted by Gasteiger charge is -2.09. The molecular weight excluding hydrogens is 254 g/mol. The van der Waals surface area contributed by atoms with Crippen LogP contribution < -0.4 is 0 Å². The first-order chi connectivity index (χ1) is 8.45. The van der Waals surface area contributed by atoms with Gasteiger partial charge in [0.1, 0.15) is 0 Å². The Balaban J connectivity index is 2.93. The van der Waals surface area contributed by atoms with Crippen LogP contribution in [0, 0.1) is 16.0 Å². The molecule has 5 nitrogen and oxygen atoms in total. The predicted molar refractivity (Wildman–Crippen MR) is 70.7 cm³/mol. The minimum Gasteiger partial charge on any atom is -0.396 e. The zero-order valence-electron chi connectivity index (χ0n) is 10.4. The van der Waals surface area contributed by atoms with E-state index in [2.05, 4.69) is 0 Å². The Hall–Kier alpha value is -1.11. The molecule has 0 aromatic heterocycles. The van der Waals surface area contributed by atoms with Crippen molar-refractivity contribution in [2.24, 2.45) is 5.92 Å². The normalized spacial score (nSPS) is 14.2. The third-order valence-electron chi connectivity index (χ3n) is 2.50. The number of nitro benzene ring substituents is 1. The standard InChI is InChI=1S/C12H17NO4S/c1-8(6-14)7-18-12-4-3-10(9(2)15)5-11(12)13(16)17/h3-5,8-9,14-15H,6-7H2,1-2H3/t8?,9-/m0/s1. The van der Waals surface area contributed by atoms with Gasteiger partial charge >= 0.3 is 0 Å². The van der Waals surface area contributed by atoms with Crippen LogP contribution in [0.3, 0.4) is 0 Å². The van der Waals surface area contributed by atoms with Crippen LogP contribution in [0.25, 0.3) is 0 Å². The molecule has 2 atom stereocenters. The fourth-order valence-corrected chi connectivity index (χ4v) is 2.36. The minimum absolute atomic E-state index is 0.00328. The highest BCUT2D eigenvalue weighted by Crippen LogP contribution is 2.32. The maximum Gasteiger partial charge on any atom is 0.283 e. The van der Waals surface area contributed by atoms with Gasteiger partial charge in [0, 0.05) is 18.4 Å². The average molecular weight is 271 g/mol. The van der Waals surface area contributed by atoms with Crippen LogP contribution in [0.2, 0.25) is 0 Å². The number of rotatable bonds is 6. The summed E-state index contributed by atoms with van der Waals surface area (Å²) in [5, 5.41) is 29.3. The highest BCUT2D eigenvalue weighted by atomic mass is 32.2. The van der Waals surface area contributed by atoms with E-state index in [0.29, 0.717) is 16.2 Å². The summed E-state index contributed by atoms with van der Waals surface area (Å²) in [7, 11) is 0. The molecule has 0 aliphatic heterocycles. The van der Waals surface area contributed by atoms with Crippen LogP contribution in [0.1, 0.15) is 25.5 Å². The number of nitrogens with zero attached hydrogens (tertiary/aromatic N) is 1. The highest BCUT2D eigenvalue weighted by Gasteiger charge is 2.17. The molecular formula is C12H17NO4S. The first kappa shape index (κ1) is 14.9. The number of aliphatic hydroxyl groups excluding tert-OH is 2. The Kier molecular flexibility index (Phi) is 5.58. The van der Waals surface area contributed by atoms with Crippen molar-refractivity contribution in [3.63, 3.8) is 0 Å². The van der Waals surface area contributed by atoms with Gasteiger partial charge in [0.05, 0.1) is 15.9 Å². The quantitative estimate of drug-likeness (QED) is 0.471. The summed E-state index contributed by atoms with van der Waals surface area (Å²) >= 11 is 1.35. The Morgan fingerprint density at radius 1 is 1.44 bits per heavy atom. The van der Waals surface area contributed by atoms with E-state index >= 15 is 0 Å². The van der Waals surface area contributed by atoms with E-state index in [9.17, 15) is 15.2 Å². The van der Waals surface area contributed by atoms with Crippen LogP contribution in [0.4, 0.5) is 5.69 Å². The average Bonchev–Trinajstić information content (AvgIpc) is 2.35. The number of aliphatic hydroxyl groups is 2. The largest absolute Gasteiger partial charge is 0.396 e. The fraction of sp³-hybridized carbons (Fsp3) is 0.500. The number of benzene rings is 1. The van der Waals surface area contributed by atoms with Crippen LogP contribution in [0.15, 0.2) is 23.1 Å². The van der Waals surface area contributed by atoms with Crippen molar-refractivity contribution in [3.8, 4) is 0 Å². The van der Waals surface area contributed by atoms with Crippen molar-refractivity contribution < 1.29 is 15.1 Å². The Bertz CT molecular complexity index is 423. The van der Waals surface area contributed by atoms with E-state index in [-0.39, 0.29) is 18.2 Å². The SMILES string of the molecule is CC(CO)CSc1ccc([C@H](C)O)cc1[N+](=O)[O-]. The molecule has 18 heavy (non-hydrogen) atoms.